The number of benzene rings is 1. The lowest BCUT2D eigenvalue weighted by atomic mass is 10.3. The number of aliphatic carboxylic acids is 1. The Hall–Kier alpha value is -1.53. The summed E-state index contributed by atoms with van der Waals surface area (Å²) in [5.74, 6) is -1.47. The fourth-order valence-electron chi connectivity index (χ4n) is 1.10. The predicted molar refractivity (Wildman–Crippen MR) is 65.3 cm³/mol. The Labute approximate surface area is 103 Å². The van der Waals surface area contributed by atoms with Crippen LogP contribution in [0.3, 0.4) is 0 Å². The van der Waals surface area contributed by atoms with Crippen molar-refractivity contribution in [1.82, 2.24) is 0 Å². The van der Waals surface area contributed by atoms with E-state index in [1.165, 1.54) is 0 Å². The van der Waals surface area contributed by atoms with Crippen molar-refractivity contribution in [3.63, 3.8) is 0 Å². The third-order valence-electron chi connectivity index (χ3n) is 1.83. The van der Waals surface area contributed by atoms with Gasteiger partial charge in [-0.15, -0.1) is 11.8 Å². The normalized spacial score (nSPS) is 9.94. The zero-order valence-corrected chi connectivity index (χ0v) is 10.1. The highest BCUT2D eigenvalue weighted by Crippen LogP contribution is 2.17. The van der Waals surface area contributed by atoms with Gasteiger partial charge in [-0.1, -0.05) is 0 Å². The Morgan fingerprint density at radius 2 is 1.94 bits per heavy atom. The number of hydrogen-bond acceptors (Lipinski definition) is 4. The van der Waals surface area contributed by atoms with Crippen molar-refractivity contribution in [2.24, 2.45) is 0 Å². The van der Waals surface area contributed by atoms with Gasteiger partial charge in [0.15, 0.2) is 0 Å². The number of carboxylic acid groups (broad SMARTS) is 1. The minimum Gasteiger partial charge on any atom is -0.480 e. The second-order valence-corrected chi connectivity index (χ2v) is 4.04. The molecule has 0 aliphatic carbocycles. The fourth-order valence-corrected chi connectivity index (χ4v) is 1.51. The second-order valence-electron chi connectivity index (χ2n) is 3.16. The van der Waals surface area contributed by atoms with Gasteiger partial charge < -0.3 is 15.2 Å². The van der Waals surface area contributed by atoms with Crippen LogP contribution in [0.15, 0.2) is 29.2 Å². The molecule has 0 fully saturated rings. The molecule has 0 unspecified atom stereocenters. The molecule has 1 aromatic carbocycles. The summed E-state index contributed by atoms with van der Waals surface area (Å²) in [6, 6.07) is 7.33. The molecule has 0 spiro atoms. The van der Waals surface area contributed by atoms with E-state index in [0.29, 0.717) is 5.69 Å². The zero-order valence-electron chi connectivity index (χ0n) is 9.30. The van der Waals surface area contributed by atoms with Crippen LogP contribution in [0.25, 0.3) is 0 Å². The van der Waals surface area contributed by atoms with Gasteiger partial charge in [-0.3, -0.25) is 4.79 Å². The van der Waals surface area contributed by atoms with Crippen LogP contribution in [0.4, 0.5) is 5.69 Å². The first kappa shape index (κ1) is 13.5. The lowest BCUT2D eigenvalue weighted by Crippen LogP contribution is -2.20. The van der Waals surface area contributed by atoms with Crippen LogP contribution in [0, 0.1) is 0 Å². The summed E-state index contributed by atoms with van der Waals surface area (Å²) in [6.07, 6.45) is 1.97. The van der Waals surface area contributed by atoms with E-state index in [1.54, 1.807) is 23.9 Å². The molecule has 0 radical (unpaired) electrons. The van der Waals surface area contributed by atoms with E-state index in [1.807, 2.05) is 18.4 Å². The summed E-state index contributed by atoms with van der Waals surface area (Å²) < 4.78 is 4.66. The topological polar surface area (TPSA) is 75.6 Å². The minimum absolute atomic E-state index is 0.267. The minimum atomic E-state index is -1.10. The number of rotatable bonds is 6. The van der Waals surface area contributed by atoms with Crippen LogP contribution in [-0.4, -0.2) is 36.5 Å². The lowest BCUT2D eigenvalue weighted by Gasteiger charge is -2.05. The number of carbonyl (C=O) groups is 2. The molecule has 0 saturated heterocycles. The number of thioether (sulfide) groups is 1. The number of carboxylic acids is 1. The Bertz CT molecular complexity index is 391. The van der Waals surface area contributed by atoms with E-state index >= 15 is 0 Å². The van der Waals surface area contributed by atoms with Gasteiger partial charge in [-0.25, -0.2) is 4.79 Å². The highest BCUT2D eigenvalue weighted by Gasteiger charge is 2.04. The standard InChI is InChI=1S/C11H13NO4S/c1-17-9-4-2-8(3-5-9)12-10(13)6-16-7-11(14)15/h2-5H,6-7H2,1H3,(H,12,13)(H,14,15). The Balaban J connectivity index is 2.37. The first-order valence-electron chi connectivity index (χ1n) is 4.85. The van der Waals surface area contributed by atoms with Gasteiger partial charge in [0, 0.05) is 10.6 Å². The molecule has 1 aromatic rings. The molecule has 0 bridgehead atoms. The third-order valence-corrected chi connectivity index (χ3v) is 2.58. The summed E-state index contributed by atoms with van der Waals surface area (Å²) in [5, 5.41) is 10.9. The molecule has 1 amide bonds. The van der Waals surface area contributed by atoms with Crippen LogP contribution < -0.4 is 5.32 Å². The maximum Gasteiger partial charge on any atom is 0.329 e. The number of anilines is 1. The number of carbonyl (C=O) groups excluding carboxylic acids is 1. The SMILES string of the molecule is CSc1ccc(NC(=O)COCC(=O)O)cc1. The Morgan fingerprint density at radius 3 is 2.47 bits per heavy atom. The van der Waals surface area contributed by atoms with Crippen LogP contribution in [0.1, 0.15) is 0 Å². The summed E-state index contributed by atoms with van der Waals surface area (Å²) in [6.45, 7) is -0.741. The quantitative estimate of drug-likeness (QED) is 0.752. The molecule has 2 N–H and O–H groups in total. The Kier molecular flexibility index (Phi) is 5.51. The average molecular weight is 255 g/mol. The molecule has 92 valence electrons. The van der Waals surface area contributed by atoms with Crippen LogP contribution in [0.5, 0.6) is 0 Å². The van der Waals surface area contributed by atoms with Gasteiger partial charge in [-0.2, -0.15) is 0 Å². The number of ether oxygens (including phenoxy) is 1. The molecule has 5 nitrogen and oxygen atoms in total. The van der Waals surface area contributed by atoms with Gasteiger partial charge in [0.1, 0.15) is 13.2 Å². The smallest absolute Gasteiger partial charge is 0.329 e. The van der Waals surface area contributed by atoms with Crippen molar-refractivity contribution in [2.45, 2.75) is 4.90 Å². The first-order chi connectivity index (χ1) is 8.11. The van der Waals surface area contributed by atoms with Gasteiger partial charge >= 0.3 is 5.97 Å². The van der Waals surface area contributed by atoms with E-state index in [2.05, 4.69) is 10.1 Å². The summed E-state index contributed by atoms with van der Waals surface area (Å²) >= 11 is 1.61. The highest BCUT2D eigenvalue weighted by atomic mass is 32.2. The van der Waals surface area contributed by atoms with Crippen molar-refractivity contribution >= 4 is 29.3 Å². The maximum absolute atomic E-state index is 11.3. The van der Waals surface area contributed by atoms with Gasteiger partial charge in [0.05, 0.1) is 0 Å². The van der Waals surface area contributed by atoms with E-state index in [4.69, 9.17) is 5.11 Å². The van der Waals surface area contributed by atoms with E-state index in [-0.39, 0.29) is 12.5 Å². The number of hydrogen-bond donors (Lipinski definition) is 2. The van der Waals surface area contributed by atoms with Crippen molar-refractivity contribution < 1.29 is 19.4 Å². The number of amides is 1. The molecule has 0 heterocycles. The Morgan fingerprint density at radius 1 is 1.29 bits per heavy atom. The fraction of sp³-hybridized carbons (Fsp3) is 0.273. The monoisotopic (exact) mass is 255 g/mol. The van der Waals surface area contributed by atoms with Crippen molar-refractivity contribution in [3.8, 4) is 0 Å². The van der Waals surface area contributed by atoms with Gasteiger partial charge in [-0.05, 0) is 30.5 Å². The van der Waals surface area contributed by atoms with Crippen LogP contribution in [0.2, 0.25) is 0 Å². The highest BCUT2D eigenvalue weighted by molar-refractivity contribution is 7.98. The second kappa shape index (κ2) is 6.93. The first-order valence-corrected chi connectivity index (χ1v) is 6.07. The van der Waals surface area contributed by atoms with Gasteiger partial charge in [0.2, 0.25) is 5.91 Å². The van der Waals surface area contributed by atoms with E-state index < -0.39 is 12.6 Å². The third kappa shape index (κ3) is 5.37. The molecule has 1 rings (SSSR count). The van der Waals surface area contributed by atoms with Crippen molar-refractivity contribution in [2.75, 3.05) is 24.8 Å². The molecule has 0 aliphatic heterocycles. The molecule has 0 aromatic heterocycles. The summed E-state index contributed by atoms with van der Waals surface area (Å²) in [7, 11) is 0. The molecule has 0 atom stereocenters. The van der Waals surface area contributed by atoms with E-state index in [9.17, 15) is 9.59 Å². The van der Waals surface area contributed by atoms with Crippen molar-refractivity contribution in [3.05, 3.63) is 24.3 Å². The summed E-state index contributed by atoms with van der Waals surface area (Å²) in [4.78, 5) is 22.6. The predicted octanol–water partition coefficient (Wildman–Crippen LogP) is 1.45. The van der Waals surface area contributed by atoms with Gasteiger partial charge in [0.25, 0.3) is 0 Å². The van der Waals surface area contributed by atoms with E-state index in [0.717, 1.165) is 4.90 Å². The maximum atomic E-state index is 11.3. The lowest BCUT2D eigenvalue weighted by molar-refractivity contribution is -0.143. The average Bonchev–Trinajstić information content (AvgIpc) is 2.29. The molecule has 0 saturated carbocycles. The van der Waals surface area contributed by atoms with Crippen LogP contribution in [-0.2, 0) is 14.3 Å². The molecular weight excluding hydrogens is 242 g/mol. The molecular formula is C11H13NO4S. The summed E-state index contributed by atoms with van der Waals surface area (Å²) in [5.41, 5.74) is 0.659. The number of nitrogens with one attached hydrogen (secondary N) is 1. The van der Waals surface area contributed by atoms with Crippen molar-refractivity contribution in [1.29, 1.82) is 0 Å². The molecule has 17 heavy (non-hydrogen) atoms. The van der Waals surface area contributed by atoms with Crippen LogP contribution >= 0.6 is 11.8 Å². The zero-order chi connectivity index (χ0) is 12.7. The largest absolute Gasteiger partial charge is 0.480 e. The molecule has 0 aliphatic rings. The molecule has 6 heteroatoms.